The van der Waals surface area contributed by atoms with Crippen molar-refractivity contribution >= 4 is 18.5 Å². The molecule has 0 spiro atoms. The SMILES string of the molecule is C=N/C(=C/C=C(\C)N)C(C)SC. The van der Waals surface area contributed by atoms with Gasteiger partial charge in [-0.25, -0.2) is 0 Å². The van der Waals surface area contributed by atoms with Gasteiger partial charge in [-0.05, 0) is 39.0 Å². The van der Waals surface area contributed by atoms with Crippen LogP contribution in [0.4, 0.5) is 0 Å². The normalized spacial score (nSPS) is 15.9. The Labute approximate surface area is 78.6 Å². The van der Waals surface area contributed by atoms with Crippen LogP contribution in [0.5, 0.6) is 0 Å². The summed E-state index contributed by atoms with van der Waals surface area (Å²) in [5.74, 6) is 0. The summed E-state index contributed by atoms with van der Waals surface area (Å²) in [5, 5.41) is 0.373. The molecule has 0 radical (unpaired) electrons. The van der Waals surface area contributed by atoms with Crippen LogP contribution in [0.1, 0.15) is 13.8 Å². The van der Waals surface area contributed by atoms with Crippen LogP contribution in [0.25, 0.3) is 0 Å². The highest BCUT2D eigenvalue weighted by atomic mass is 32.2. The summed E-state index contributed by atoms with van der Waals surface area (Å²) in [5.41, 5.74) is 7.23. The Morgan fingerprint density at radius 2 is 2.17 bits per heavy atom. The van der Waals surface area contributed by atoms with E-state index in [2.05, 4.69) is 18.6 Å². The molecule has 12 heavy (non-hydrogen) atoms. The smallest absolute Gasteiger partial charge is 0.0524 e. The molecule has 0 aliphatic heterocycles. The van der Waals surface area contributed by atoms with E-state index in [0.29, 0.717) is 5.25 Å². The zero-order chi connectivity index (χ0) is 9.56. The van der Waals surface area contributed by atoms with Crippen LogP contribution < -0.4 is 5.73 Å². The van der Waals surface area contributed by atoms with Gasteiger partial charge in [0.2, 0.25) is 0 Å². The standard InChI is InChI=1S/C9H16N2S/c1-7(10)5-6-9(11-3)8(2)12-4/h5-6,8H,3,10H2,1-2,4H3/b7-5+,9-6+. The van der Waals surface area contributed by atoms with E-state index >= 15 is 0 Å². The van der Waals surface area contributed by atoms with Gasteiger partial charge in [-0.3, -0.25) is 4.99 Å². The number of hydrogen-bond donors (Lipinski definition) is 1. The molecule has 0 saturated heterocycles. The van der Waals surface area contributed by atoms with Crippen molar-refractivity contribution in [2.75, 3.05) is 6.26 Å². The van der Waals surface area contributed by atoms with Crippen LogP contribution in [-0.4, -0.2) is 18.2 Å². The first kappa shape index (κ1) is 11.3. The lowest BCUT2D eigenvalue weighted by molar-refractivity contribution is 1.10. The van der Waals surface area contributed by atoms with Gasteiger partial charge in [-0.2, -0.15) is 11.8 Å². The van der Waals surface area contributed by atoms with Gasteiger partial charge in [0.1, 0.15) is 0 Å². The van der Waals surface area contributed by atoms with Gasteiger partial charge in [-0.15, -0.1) is 0 Å². The average Bonchev–Trinajstić information content (AvgIpc) is 2.04. The zero-order valence-corrected chi connectivity index (χ0v) is 8.69. The molecule has 2 nitrogen and oxygen atoms in total. The van der Waals surface area contributed by atoms with Crippen molar-refractivity contribution in [3.05, 3.63) is 23.5 Å². The summed E-state index contributed by atoms with van der Waals surface area (Å²) in [6.45, 7) is 7.44. The first-order valence-electron chi connectivity index (χ1n) is 3.75. The van der Waals surface area contributed by atoms with E-state index in [1.165, 1.54) is 0 Å². The number of nitrogens with two attached hydrogens (primary N) is 1. The Balaban J connectivity index is 4.43. The highest BCUT2D eigenvalue weighted by Gasteiger charge is 2.02. The van der Waals surface area contributed by atoms with Gasteiger partial charge < -0.3 is 5.73 Å². The first-order valence-corrected chi connectivity index (χ1v) is 5.04. The molecule has 0 heterocycles. The molecule has 0 aliphatic carbocycles. The molecule has 0 bridgehead atoms. The van der Waals surface area contributed by atoms with Crippen molar-refractivity contribution in [3.63, 3.8) is 0 Å². The van der Waals surface area contributed by atoms with E-state index < -0.39 is 0 Å². The Morgan fingerprint density at radius 1 is 1.58 bits per heavy atom. The maximum Gasteiger partial charge on any atom is 0.0524 e. The van der Waals surface area contributed by atoms with Gasteiger partial charge in [0.05, 0.1) is 5.70 Å². The molecular weight excluding hydrogens is 168 g/mol. The third-order valence-corrected chi connectivity index (χ3v) is 2.42. The first-order chi connectivity index (χ1) is 5.61. The van der Waals surface area contributed by atoms with Crippen LogP contribution in [-0.2, 0) is 0 Å². The van der Waals surface area contributed by atoms with Crippen LogP contribution in [0, 0.1) is 0 Å². The molecule has 0 aliphatic rings. The molecule has 1 atom stereocenters. The fraction of sp³-hybridized carbons (Fsp3) is 0.444. The quantitative estimate of drug-likeness (QED) is 0.537. The Morgan fingerprint density at radius 3 is 2.50 bits per heavy atom. The minimum atomic E-state index is 0.373. The molecule has 0 aromatic carbocycles. The number of thioether (sulfide) groups is 1. The summed E-state index contributed by atoms with van der Waals surface area (Å²) in [4.78, 5) is 3.92. The molecule has 1 unspecified atom stereocenters. The minimum Gasteiger partial charge on any atom is -0.402 e. The lowest BCUT2D eigenvalue weighted by Gasteiger charge is -2.06. The summed E-state index contributed by atoms with van der Waals surface area (Å²) in [6, 6.07) is 0. The summed E-state index contributed by atoms with van der Waals surface area (Å²) in [7, 11) is 0. The molecule has 3 heteroatoms. The monoisotopic (exact) mass is 184 g/mol. The Hall–Kier alpha value is -0.700. The summed E-state index contributed by atoms with van der Waals surface area (Å²) in [6.07, 6.45) is 5.79. The molecular formula is C9H16N2S. The second-order valence-corrected chi connectivity index (χ2v) is 3.72. The Bertz CT molecular complexity index is 203. The summed E-state index contributed by atoms with van der Waals surface area (Å²) >= 11 is 1.74. The van der Waals surface area contributed by atoms with E-state index in [9.17, 15) is 0 Å². The van der Waals surface area contributed by atoms with E-state index in [1.807, 2.05) is 25.3 Å². The average molecular weight is 184 g/mol. The van der Waals surface area contributed by atoms with Crippen LogP contribution in [0.3, 0.4) is 0 Å². The van der Waals surface area contributed by atoms with Gasteiger partial charge in [-0.1, -0.05) is 0 Å². The minimum absolute atomic E-state index is 0.373. The molecule has 2 N–H and O–H groups in total. The van der Waals surface area contributed by atoms with E-state index in [0.717, 1.165) is 11.4 Å². The highest BCUT2D eigenvalue weighted by molar-refractivity contribution is 7.99. The van der Waals surface area contributed by atoms with Crippen molar-refractivity contribution in [2.45, 2.75) is 19.1 Å². The van der Waals surface area contributed by atoms with Crippen molar-refractivity contribution in [1.29, 1.82) is 0 Å². The number of hydrogen-bond acceptors (Lipinski definition) is 3. The maximum atomic E-state index is 5.48. The van der Waals surface area contributed by atoms with Gasteiger partial charge >= 0.3 is 0 Å². The van der Waals surface area contributed by atoms with Crippen molar-refractivity contribution in [3.8, 4) is 0 Å². The van der Waals surface area contributed by atoms with Crippen LogP contribution in [0.15, 0.2) is 28.5 Å². The molecule has 0 aromatic rings. The van der Waals surface area contributed by atoms with Crippen LogP contribution in [0.2, 0.25) is 0 Å². The zero-order valence-electron chi connectivity index (χ0n) is 7.87. The third-order valence-electron chi connectivity index (χ3n) is 1.47. The van der Waals surface area contributed by atoms with Crippen molar-refractivity contribution in [1.82, 2.24) is 0 Å². The topological polar surface area (TPSA) is 38.4 Å². The predicted molar refractivity (Wildman–Crippen MR) is 58.6 cm³/mol. The fourth-order valence-electron chi connectivity index (χ4n) is 0.654. The van der Waals surface area contributed by atoms with Gasteiger partial charge in [0.25, 0.3) is 0 Å². The van der Waals surface area contributed by atoms with Crippen LogP contribution >= 0.6 is 11.8 Å². The molecule has 0 saturated carbocycles. The molecule has 68 valence electrons. The van der Waals surface area contributed by atoms with Crippen molar-refractivity contribution in [2.24, 2.45) is 10.7 Å². The largest absolute Gasteiger partial charge is 0.402 e. The number of nitrogens with zero attached hydrogens (tertiary/aromatic N) is 1. The summed E-state index contributed by atoms with van der Waals surface area (Å²) < 4.78 is 0. The highest BCUT2D eigenvalue weighted by Crippen LogP contribution is 2.16. The molecule has 0 rings (SSSR count). The lowest BCUT2D eigenvalue weighted by Crippen LogP contribution is -1.97. The molecule has 0 amide bonds. The third kappa shape index (κ3) is 4.23. The van der Waals surface area contributed by atoms with E-state index in [1.54, 1.807) is 11.8 Å². The van der Waals surface area contributed by atoms with E-state index in [-0.39, 0.29) is 0 Å². The van der Waals surface area contributed by atoms with E-state index in [4.69, 9.17) is 5.73 Å². The van der Waals surface area contributed by atoms with Gasteiger partial charge in [0.15, 0.2) is 0 Å². The number of rotatable bonds is 4. The lowest BCUT2D eigenvalue weighted by atomic mass is 10.3. The van der Waals surface area contributed by atoms with Gasteiger partial charge in [0, 0.05) is 10.9 Å². The fourth-order valence-corrected chi connectivity index (χ4v) is 1.05. The molecule has 0 fully saturated rings. The predicted octanol–water partition coefficient (Wildman–Crippen LogP) is 2.18. The van der Waals surface area contributed by atoms with Crippen molar-refractivity contribution < 1.29 is 0 Å². The maximum absolute atomic E-state index is 5.48. The second kappa shape index (κ2) is 5.89. The number of aliphatic imine (C=N–C) groups is 1. The molecule has 0 aromatic heterocycles. The Kier molecular flexibility index (Phi) is 5.54. The second-order valence-electron chi connectivity index (χ2n) is 2.54. The number of allylic oxidation sites excluding steroid dienone is 3.